The number of aromatic nitrogens is 2. The molecule has 2 aromatic carbocycles. The van der Waals surface area contributed by atoms with Crippen molar-refractivity contribution in [2.75, 3.05) is 5.32 Å². The molecular formula is C22H24N4O2. The molecule has 0 spiro atoms. The maximum atomic E-state index is 12.1. The van der Waals surface area contributed by atoms with Gasteiger partial charge in [-0.25, -0.2) is 9.97 Å². The SMILES string of the molecule is CC(C)(C)NC(=O)c1cnc(Nc2ccc(OCc3ccccc3)cc2)nc1. The molecule has 0 bridgehead atoms. The van der Waals surface area contributed by atoms with Gasteiger partial charge in [0.15, 0.2) is 0 Å². The summed E-state index contributed by atoms with van der Waals surface area (Å²) < 4.78 is 5.78. The van der Waals surface area contributed by atoms with Gasteiger partial charge >= 0.3 is 0 Å². The van der Waals surface area contributed by atoms with Crippen molar-refractivity contribution in [3.63, 3.8) is 0 Å². The molecule has 6 heteroatoms. The Morgan fingerprint density at radius 2 is 1.61 bits per heavy atom. The maximum Gasteiger partial charge on any atom is 0.254 e. The zero-order valence-electron chi connectivity index (χ0n) is 16.3. The Morgan fingerprint density at radius 1 is 0.964 bits per heavy atom. The number of carbonyl (C=O) groups is 1. The third-order valence-corrected chi connectivity index (χ3v) is 3.76. The minimum Gasteiger partial charge on any atom is -0.489 e. The number of rotatable bonds is 6. The Balaban J connectivity index is 1.56. The number of hydrogen-bond donors (Lipinski definition) is 2. The van der Waals surface area contributed by atoms with Gasteiger partial charge in [0.2, 0.25) is 5.95 Å². The number of ether oxygens (including phenoxy) is 1. The van der Waals surface area contributed by atoms with Crippen LogP contribution in [0.4, 0.5) is 11.6 Å². The van der Waals surface area contributed by atoms with E-state index < -0.39 is 0 Å². The van der Waals surface area contributed by atoms with Gasteiger partial charge in [-0.1, -0.05) is 30.3 Å². The topological polar surface area (TPSA) is 76.1 Å². The number of carbonyl (C=O) groups excluding carboxylic acids is 1. The van der Waals surface area contributed by atoms with Crippen molar-refractivity contribution in [2.24, 2.45) is 0 Å². The normalized spacial score (nSPS) is 11.0. The summed E-state index contributed by atoms with van der Waals surface area (Å²) in [6.07, 6.45) is 3.02. The molecule has 0 aliphatic rings. The van der Waals surface area contributed by atoms with Crippen molar-refractivity contribution >= 4 is 17.5 Å². The lowest BCUT2D eigenvalue weighted by atomic mass is 10.1. The molecule has 0 aliphatic heterocycles. The molecule has 0 fully saturated rings. The second-order valence-electron chi connectivity index (χ2n) is 7.42. The van der Waals surface area contributed by atoms with Gasteiger partial charge in [0, 0.05) is 23.6 Å². The lowest BCUT2D eigenvalue weighted by Crippen LogP contribution is -2.40. The van der Waals surface area contributed by atoms with Gasteiger partial charge in [-0.3, -0.25) is 4.79 Å². The summed E-state index contributed by atoms with van der Waals surface area (Å²) in [5, 5.41) is 5.99. The fourth-order valence-electron chi connectivity index (χ4n) is 2.43. The third kappa shape index (κ3) is 5.81. The van der Waals surface area contributed by atoms with E-state index in [2.05, 4.69) is 20.6 Å². The van der Waals surface area contributed by atoms with E-state index in [1.54, 1.807) is 0 Å². The number of nitrogens with zero attached hydrogens (tertiary/aromatic N) is 2. The molecule has 0 atom stereocenters. The second-order valence-corrected chi connectivity index (χ2v) is 7.42. The summed E-state index contributed by atoms with van der Waals surface area (Å²) in [5.74, 6) is 1.01. The lowest BCUT2D eigenvalue weighted by molar-refractivity contribution is 0.0919. The zero-order chi connectivity index (χ0) is 20.0. The van der Waals surface area contributed by atoms with Gasteiger partial charge in [-0.15, -0.1) is 0 Å². The first-order chi connectivity index (χ1) is 13.4. The van der Waals surface area contributed by atoms with E-state index in [-0.39, 0.29) is 11.4 Å². The molecule has 0 saturated heterocycles. The summed E-state index contributed by atoms with van der Waals surface area (Å²) in [5.41, 5.74) is 2.07. The van der Waals surface area contributed by atoms with Crippen LogP contribution < -0.4 is 15.4 Å². The first-order valence-corrected chi connectivity index (χ1v) is 9.07. The number of anilines is 2. The van der Waals surface area contributed by atoms with Crippen LogP contribution in [-0.4, -0.2) is 21.4 Å². The van der Waals surface area contributed by atoms with Crippen molar-refractivity contribution in [1.29, 1.82) is 0 Å². The molecule has 1 heterocycles. The van der Waals surface area contributed by atoms with Gasteiger partial charge in [0.05, 0.1) is 5.56 Å². The van der Waals surface area contributed by atoms with E-state index >= 15 is 0 Å². The maximum absolute atomic E-state index is 12.1. The van der Waals surface area contributed by atoms with Crippen LogP contribution in [0.3, 0.4) is 0 Å². The molecule has 144 valence electrons. The highest BCUT2D eigenvalue weighted by Gasteiger charge is 2.15. The highest BCUT2D eigenvalue weighted by atomic mass is 16.5. The molecule has 3 rings (SSSR count). The predicted octanol–water partition coefficient (Wildman–Crippen LogP) is 4.33. The predicted molar refractivity (Wildman–Crippen MR) is 110 cm³/mol. The highest BCUT2D eigenvalue weighted by molar-refractivity contribution is 5.94. The van der Waals surface area contributed by atoms with Crippen molar-refractivity contribution in [3.05, 3.63) is 78.1 Å². The van der Waals surface area contributed by atoms with Crippen LogP contribution in [0.1, 0.15) is 36.7 Å². The molecule has 1 aromatic heterocycles. The zero-order valence-corrected chi connectivity index (χ0v) is 16.3. The second kappa shape index (κ2) is 8.52. The van der Waals surface area contributed by atoms with E-state index in [9.17, 15) is 4.79 Å². The summed E-state index contributed by atoms with van der Waals surface area (Å²) in [4.78, 5) is 20.5. The van der Waals surface area contributed by atoms with Crippen LogP contribution in [0.2, 0.25) is 0 Å². The molecule has 0 aliphatic carbocycles. The van der Waals surface area contributed by atoms with Gasteiger partial charge in [-0.05, 0) is 50.6 Å². The molecule has 0 saturated carbocycles. The van der Waals surface area contributed by atoms with Crippen LogP contribution in [0.25, 0.3) is 0 Å². The molecular weight excluding hydrogens is 352 g/mol. The average molecular weight is 376 g/mol. The van der Waals surface area contributed by atoms with E-state index in [1.165, 1.54) is 12.4 Å². The molecule has 0 radical (unpaired) electrons. The summed E-state index contributed by atoms with van der Waals surface area (Å²) in [7, 11) is 0. The summed E-state index contributed by atoms with van der Waals surface area (Å²) >= 11 is 0. The third-order valence-electron chi connectivity index (χ3n) is 3.76. The van der Waals surface area contributed by atoms with Crippen molar-refractivity contribution in [2.45, 2.75) is 32.9 Å². The van der Waals surface area contributed by atoms with Gasteiger partial charge < -0.3 is 15.4 Å². The fraction of sp³-hybridized carbons (Fsp3) is 0.227. The van der Waals surface area contributed by atoms with E-state index in [0.29, 0.717) is 18.1 Å². The van der Waals surface area contributed by atoms with Gasteiger partial charge in [-0.2, -0.15) is 0 Å². The van der Waals surface area contributed by atoms with Crippen LogP contribution in [0.15, 0.2) is 67.0 Å². The largest absolute Gasteiger partial charge is 0.489 e. The average Bonchev–Trinajstić information content (AvgIpc) is 2.67. The number of benzene rings is 2. The Hall–Kier alpha value is -3.41. The van der Waals surface area contributed by atoms with Crippen molar-refractivity contribution < 1.29 is 9.53 Å². The lowest BCUT2D eigenvalue weighted by Gasteiger charge is -2.20. The Bertz CT molecular complexity index is 902. The van der Waals surface area contributed by atoms with Crippen molar-refractivity contribution in [3.8, 4) is 5.75 Å². The minimum absolute atomic E-state index is 0.195. The smallest absolute Gasteiger partial charge is 0.254 e. The molecule has 3 aromatic rings. The monoisotopic (exact) mass is 376 g/mol. The quantitative estimate of drug-likeness (QED) is 0.670. The van der Waals surface area contributed by atoms with Gasteiger partial charge in [0.25, 0.3) is 5.91 Å². The Kier molecular flexibility index (Phi) is 5.89. The molecule has 2 N–H and O–H groups in total. The first kappa shape index (κ1) is 19.4. The number of nitrogens with one attached hydrogen (secondary N) is 2. The van der Waals surface area contributed by atoms with Gasteiger partial charge in [0.1, 0.15) is 12.4 Å². The summed E-state index contributed by atoms with van der Waals surface area (Å²) in [6.45, 7) is 6.30. The Labute approximate surface area is 165 Å². The standard InChI is InChI=1S/C22H24N4O2/c1-22(2,3)26-20(27)17-13-23-21(24-14-17)25-18-9-11-19(12-10-18)28-15-16-7-5-4-6-8-16/h4-14H,15H2,1-3H3,(H,26,27)(H,23,24,25). The Morgan fingerprint density at radius 3 is 2.21 bits per heavy atom. The van der Waals surface area contributed by atoms with E-state index in [0.717, 1.165) is 17.0 Å². The van der Waals surface area contributed by atoms with Crippen LogP contribution in [0, 0.1) is 0 Å². The fourth-order valence-corrected chi connectivity index (χ4v) is 2.43. The molecule has 0 unspecified atom stereocenters. The highest BCUT2D eigenvalue weighted by Crippen LogP contribution is 2.19. The molecule has 28 heavy (non-hydrogen) atoms. The number of amides is 1. The molecule has 6 nitrogen and oxygen atoms in total. The van der Waals surface area contributed by atoms with Crippen LogP contribution in [-0.2, 0) is 6.61 Å². The number of hydrogen-bond acceptors (Lipinski definition) is 5. The molecule has 1 amide bonds. The first-order valence-electron chi connectivity index (χ1n) is 9.07. The van der Waals surface area contributed by atoms with Crippen LogP contribution >= 0.6 is 0 Å². The van der Waals surface area contributed by atoms with E-state index in [1.807, 2.05) is 75.4 Å². The van der Waals surface area contributed by atoms with Crippen molar-refractivity contribution in [1.82, 2.24) is 15.3 Å². The van der Waals surface area contributed by atoms with E-state index in [4.69, 9.17) is 4.74 Å². The minimum atomic E-state index is -0.307. The summed E-state index contributed by atoms with van der Waals surface area (Å²) in [6, 6.07) is 17.6. The van der Waals surface area contributed by atoms with Crippen LogP contribution in [0.5, 0.6) is 5.75 Å².